The molecule has 15 heavy (non-hydrogen) atoms. The quantitative estimate of drug-likeness (QED) is 0.754. The van der Waals surface area contributed by atoms with Crippen molar-refractivity contribution in [3.05, 3.63) is 23.7 Å². The predicted octanol–water partition coefficient (Wildman–Crippen LogP) is 0.402. The maximum atomic E-state index is 10.5. The molecule has 2 rings (SSSR count). The molecule has 0 saturated carbocycles. The van der Waals surface area contributed by atoms with Gasteiger partial charge in [0.15, 0.2) is 0 Å². The van der Waals surface area contributed by atoms with Gasteiger partial charge in [0, 0.05) is 25.6 Å². The highest BCUT2D eigenvalue weighted by Gasteiger charge is 2.26. The second-order valence-corrected chi connectivity index (χ2v) is 3.81. The van der Waals surface area contributed by atoms with Crippen molar-refractivity contribution < 1.29 is 19.4 Å². The Morgan fingerprint density at radius 3 is 2.80 bits per heavy atom. The van der Waals surface area contributed by atoms with Gasteiger partial charge in [0.05, 0.1) is 6.54 Å². The normalized spacial score (nSPS) is 17.7. The molecular formula is C10H13NO4. The minimum Gasteiger partial charge on any atom is -0.475 e. The molecule has 0 amide bonds. The fraction of sp³-hybridized carbons (Fsp3) is 0.500. The van der Waals surface area contributed by atoms with Crippen molar-refractivity contribution in [2.75, 3.05) is 19.7 Å². The van der Waals surface area contributed by atoms with Crippen LogP contribution >= 0.6 is 0 Å². The molecule has 0 atom stereocenters. The van der Waals surface area contributed by atoms with E-state index in [0.717, 1.165) is 13.1 Å². The van der Waals surface area contributed by atoms with Crippen LogP contribution in [0.25, 0.3) is 0 Å². The lowest BCUT2D eigenvalue weighted by molar-refractivity contribution is 0.0419. The van der Waals surface area contributed by atoms with Crippen LogP contribution in [-0.2, 0) is 6.54 Å². The molecule has 0 aliphatic carbocycles. The summed E-state index contributed by atoms with van der Waals surface area (Å²) in [4.78, 5) is 12.6. The molecule has 0 radical (unpaired) electrons. The van der Waals surface area contributed by atoms with Crippen LogP contribution in [0.1, 0.15) is 16.3 Å². The van der Waals surface area contributed by atoms with Gasteiger partial charge in [-0.1, -0.05) is 0 Å². The van der Waals surface area contributed by atoms with E-state index in [2.05, 4.69) is 4.90 Å². The molecule has 0 spiro atoms. The summed E-state index contributed by atoms with van der Waals surface area (Å²) in [6, 6.07) is 3.14. The molecule has 82 valence electrons. The smallest absolute Gasteiger partial charge is 0.371 e. The monoisotopic (exact) mass is 211 g/mol. The van der Waals surface area contributed by atoms with Crippen molar-refractivity contribution >= 4 is 5.97 Å². The molecule has 0 aromatic carbocycles. The van der Waals surface area contributed by atoms with E-state index >= 15 is 0 Å². The van der Waals surface area contributed by atoms with Crippen LogP contribution in [0.2, 0.25) is 0 Å². The van der Waals surface area contributed by atoms with Crippen molar-refractivity contribution in [2.45, 2.75) is 6.54 Å². The number of carboxylic acids is 1. The van der Waals surface area contributed by atoms with Gasteiger partial charge in [-0.05, 0) is 12.1 Å². The Morgan fingerprint density at radius 2 is 2.27 bits per heavy atom. The summed E-state index contributed by atoms with van der Waals surface area (Å²) in [5, 5.41) is 17.5. The van der Waals surface area contributed by atoms with Crippen LogP contribution in [0.4, 0.5) is 0 Å². The molecule has 5 heteroatoms. The van der Waals surface area contributed by atoms with Crippen molar-refractivity contribution in [2.24, 2.45) is 5.92 Å². The lowest BCUT2D eigenvalue weighted by Gasteiger charge is -2.37. The van der Waals surface area contributed by atoms with Crippen LogP contribution in [0.15, 0.2) is 16.5 Å². The van der Waals surface area contributed by atoms with Crippen LogP contribution < -0.4 is 0 Å². The van der Waals surface area contributed by atoms with Crippen molar-refractivity contribution in [3.63, 3.8) is 0 Å². The van der Waals surface area contributed by atoms with Crippen LogP contribution in [0.3, 0.4) is 0 Å². The molecule has 0 unspecified atom stereocenters. The molecule has 1 saturated heterocycles. The Kier molecular flexibility index (Phi) is 2.75. The molecule has 5 nitrogen and oxygen atoms in total. The van der Waals surface area contributed by atoms with Crippen molar-refractivity contribution in [1.29, 1.82) is 0 Å². The Hall–Kier alpha value is -1.33. The average Bonchev–Trinajstić information content (AvgIpc) is 2.58. The standard InChI is InChI=1S/C10H13NO4/c12-6-7-3-11(4-7)5-8-1-2-9(15-8)10(13)14/h1-2,7,12H,3-6H2,(H,13,14). The van der Waals surface area contributed by atoms with E-state index in [0.29, 0.717) is 18.2 Å². The van der Waals surface area contributed by atoms with Gasteiger partial charge in [-0.25, -0.2) is 4.79 Å². The van der Waals surface area contributed by atoms with E-state index in [9.17, 15) is 4.79 Å². The summed E-state index contributed by atoms with van der Waals surface area (Å²) in [5.41, 5.74) is 0. The lowest BCUT2D eigenvalue weighted by Crippen LogP contribution is -2.47. The zero-order valence-corrected chi connectivity index (χ0v) is 8.22. The van der Waals surface area contributed by atoms with E-state index in [-0.39, 0.29) is 12.4 Å². The van der Waals surface area contributed by atoms with Gasteiger partial charge in [0.2, 0.25) is 5.76 Å². The zero-order chi connectivity index (χ0) is 10.8. The first-order valence-corrected chi connectivity index (χ1v) is 4.84. The molecule has 1 aliphatic heterocycles. The van der Waals surface area contributed by atoms with Gasteiger partial charge in [-0.3, -0.25) is 4.90 Å². The van der Waals surface area contributed by atoms with Gasteiger partial charge >= 0.3 is 5.97 Å². The van der Waals surface area contributed by atoms with Crippen LogP contribution in [0, 0.1) is 5.92 Å². The molecule has 1 aromatic heterocycles. The Morgan fingerprint density at radius 1 is 1.53 bits per heavy atom. The number of rotatable bonds is 4. The van der Waals surface area contributed by atoms with Gasteiger partial charge in [-0.15, -0.1) is 0 Å². The molecule has 1 aromatic rings. The summed E-state index contributed by atoms with van der Waals surface area (Å²) in [6.07, 6.45) is 0. The van der Waals surface area contributed by atoms with Crippen LogP contribution in [0.5, 0.6) is 0 Å². The Balaban J connectivity index is 1.87. The molecule has 1 aliphatic rings. The minimum atomic E-state index is -1.04. The summed E-state index contributed by atoms with van der Waals surface area (Å²) < 4.78 is 5.12. The van der Waals surface area contributed by atoms with Crippen molar-refractivity contribution in [3.8, 4) is 0 Å². The summed E-state index contributed by atoms with van der Waals surface area (Å²) >= 11 is 0. The first kappa shape index (κ1) is 10.2. The summed E-state index contributed by atoms with van der Waals surface area (Å²) in [7, 11) is 0. The Labute approximate surface area is 86.9 Å². The number of likely N-dealkylation sites (tertiary alicyclic amines) is 1. The molecular weight excluding hydrogens is 198 g/mol. The SMILES string of the molecule is O=C(O)c1ccc(CN2CC(CO)C2)o1. The number of hydrogen-bond donors (Lipinski definition) is 2. The van der Waals surface area contributed by atoms with E-state index < -0.39 is 5.97 Å². The van der Waals surface area contributed by atoms with Crippen molar-refractivity contribution in [1.82, 2.24) is 4.90 Å². The third-order valence-electron chi connectivity index (χ3n) is 2.54. The highest BCUT2D eigenvalue weighted by molar-refractivity contribution is 5.84. The number of carboxylic acid groups (broad SMARTS) is 1. The summed E-state index contributed by atoms with van der Waals surface area (Å²) in [5.74, 6) is -0.0509. The van der Waals surface area contributed by atoms with Crippen LogP contribution in [-0.4, -0.2) is 40.8 Å². The highest BCUT2D eigenvalue weighted by Crippen LogP contribution is 2.19. The molecule has 1 fully saturated rings. The number of aliphatic hydroxyl groups is 1. The van der Waals surface area contributed by atoms with E-state index in [1.54, 1.807) is 6.07 Å². The third kappa shape index (κ3) is 2.19. The maximum Gasteiger partial charge on any atom is 0.371 e. The van der Waals surface area contributed by atoms with Gasteiger partial charge < -0.3 is 14.6 Å². The third-order valence-corrected chi connectivity index (χ3v) is 2.54. The largest absolute Gasteiger partial charge is 0.475 e. The first-order valence-electron chi connectivity index (χ1n) is 4.84. The zero-order valence-electron chi connectivity index (χ0n) is 8.22. The number of aliphatic hydroxyl groups excluding tert-OH is 1. The van der Waals surface area contributed by atoms with Gasteiger partial charge in [0.25, 0.3) is 0 Å². The minimum absolute atomic E-state index is 0.0239. The maximum absolute atomic E-state index is 10.5. The van der Waals surface area contributed by atoms with E-state index in [4.69, 9.17) is 14.6 Å². The number of aromatic carboxylic acids is 1. The second-order valence-electron chi connectivity index (χ2n) is 3.81. The number of hydrogen-bond acceptors (Lipinski definition) is 4. The van der Waals surface area contributed by atoms with E-state index in [1.807, 2.05) is 0 Å². The Bertz CT molecular complexity index is 354. The lowest BCUT2D eigenvalue weighted by atomic mass is 10.0. The second kappa shape index (κ2) is 4.04. The summed E-state index contributed by atoms with van der Waals surface area (Å²) in [6.45, 7) is 2.53. The fourth-order valence-corrected chi connectivity index (χ4v) is 1.72. The fourth-order valence-electron chi connectivity index (χ4n) is 1.72. The number of furan rings is 1. The van der Waals surface area contributed by atoms with E-state index in [1.165, 1.54) is 6.07 Å². The molecule has 0 bridgehead atoms. The highest BCUT2D eigenvalue weighted by atomic mass is 16.4. The first-order chi connectivity index (χ1) is 7.19. The number of nitrogens with zero attached hydrogens (tertiary/aromatic N) is 1. The topological polar surface area (TPSA) is 73.9 Å². The van der Waals surface area contributed by atoms with Gasteiger partial charge in [-0.2, -0.15) is 0 Å². The molecule has 2 heterocycles. The predicted molar refractivity (Wildman–Crippen MR) is 51.5 cm³/mol. The molecule has 2 N–H and O–H groups in total. The average molecular weight is 211 g/mol. The van der Waals surface area contributed by atoms with Gasteiger partial charge in [0.1, 0.15) is 5.76 Å². The number of carbonyl (C=O) groups is 1.